The molecule has 0 unspecified atom stereocenters. The van der Waals surface area contributed by atoms with Crippen LogP contribution in [0.1, 0.15) is 26.2 Å². The summed E-state index contributed by atoms with van der Waals surface area (Å²) in [6.45, 7) is 1.06. The summed E-state index contributed by atoms with van der Waals surface area (Å²) in [5.41, 5.74) is 16.6. The zero-order valence-electron chi connectivity index (χ0n) is 23.0. The fourth-order valence-electron chi connectivity index (χ4n) is 5.49. The number of nitrogens with one attached hydrogen (secondary N) is 3. The molecular formula is C24H47FN6O9. The van der Waals surface area contributed by atoms with Crippen LogP contribution >= 0.6 is 0 Å². The average molecular weight is 583 g/mol. The van der Waals surface area contributed by atoms with Gasteiger partial charge in [0, 0.05) is 25.7 Å². The van der Waals surface area contributed by atoms with Gasteiger partial charge in [-0.1, -0.05) is 0 Å². The molecule has 40 heavy (non-hydrogen) atoms. The Morgan fingerprint density at radius 2 is 1.85 bits per heavy atom. The number of hydrogen-bond donors (Lipinski definition) is 10. The first-order chi connectivity index (χ1) is 18.9. The highest BCUT2D eigenvalue weighted by Gasteiger charge is 2.52. The van der Waals surface area contributed by atoms with Crippen LogP contribution in [0.2, 0.25) is 0 Å². The first kappa shape index (κ1) is 33.4. The summed E-state index contributed by atoms with van der Waals surface area (Å²) in [6.07, 6.45) is -7.87. The summed E-state index contributed by atoms with van der Waals surface area (Å²) in [5.74, 6) is -0.790. The molecule has 13 atom stereocenters. The minimum absolute atomic E-state index is 0.0505. The molecule has 2 heterocycles. The van der Waals surface area contributed by atoms with Gasteiger partial charge in [0.1, 0.15) is 42.8 Å². The SMILES string of the molecule is CN[C@@H]1[C@@H](O)[C@@H](O[C@@H]2[C@@H](O)[C@H](O[C@H]3O[C@H](CNCCF)CC[C@H]3N)[C@@H](N)C[C@H]2NC(=O)[C@@H](O)CN)OC[C@]1(C)O. The lowest BCUT2D eigenvalue weighted by atomic mass is 9.83. The van der Waals surface area contributed by atoms with Gasteiger partial charge in [0.15, 0.2) is 12.6 Å². The Labute approximate surface area is 233 Å². The van der Waals surface area contributed by atoms with Crippen LogP contribution in [-0.4, -0.2) is 145 Å². The van der Waals surface area contributed by atoms with Gasteiger partial charge in [-0.3, -0.25) is 4.79 Å². The van der Waals surface area contributed by atoms with Crippen molar-refractivity contribution < 1.29 is 48.6 Å². The number of nitrogens with two attached hydrogens (primary N) is 3. The molecule has 234 valence electrons. The number of carbonyl (C=O) groups excluding carboxylic acids is 1. The molecule has 3 rings (SSSR count). The van der Waals surface area contributed by atoms with Crippen molar-refractivity contribution in [3.8, 4) is 0 Å². The molecule has 16 heteroatoms. The van der Waals surface area contributed by atoms with Crippen molar-refractivity contribution in [2.45, 2.75) is 105 Å². The molecule has 0 radical (unpaired) electrons. The van der Waals surface area contributed by atoms with Crippen molar-refractivity contribution in [2.24, 2.45) is 17.2 Å². The fraction of sp³-hybridized carbons (Fsp3) is 0.958. The molecule has 1 saturated carbocycles. The minimum Gasteiger partial charge on any atom is -0.388 e. The molecular weight excluding hydrogens is 535 g/mol. The number of ether oxygens (including phenoxy) is 4. The number of amides is 1. The Kier molecular flexibility index (Phi) is 12.4. The average Bonchev–Trinajstić information content (AvgIpc) is 2.91. The second kappa shape index (κ2) is 14.9. The third-order valence-electron chi connectivity index (χ3n) is 7.74. The molecule has 0 bridgehead atoms. The van der Waals surface area contributed by atoms with Gasteiger partial charge in [-0.05, 0) is 33.2 Å². The topological polar surface area (TPSA) is 249 Å². The van der Waals surface area contributed by atoms with E-state index in [9.17, 15) is 29.6 Å². The van der Waals surface area contributed by atoms with Crippen LogP contribution in [0.25, 0.3) is 0 Å². The largest absolute Gasteiger partial charge is 0.388 e. The minimum atomic E-state index is -1.50. The number of alkyl halides is 1. The summed E-state index contributed by atoms with van der Waals surface area (Å²) in [7, 11) is 1.56. The van der Waals surface area contributed by atoms with Crippen molar-refractivity contribution in [3.05, 3.63) is 0 Å². The second-order valence-corrected chi connectivity index (χ2v) is 11.0. The van der Waals surface area contributed by atoms with E-state index in [4.69, 9.17) is 36.1 Å². The highest BCUT2D eigenvalue weighted by Crippen LogP contribution is 2.32. The predicted molar refractivity (Wildman–Crippen MR) is 139 cm³/mol. The third kappa shape index (κ3) is 8.03. The van der Waals surface area contributed by atoms with E-state index < -0.39 is 85.5 Å². The van der Waals surface area contributed by atoms with E-state index in [1.54, 1.807) is 7.05 Å². The Morgan fingerprint density at radius 3 is 2.50 bits per heavy atom. The number of halogens is 1. The molecule has 1 amide bonds. The highest BCUT2D eigenvalue weighted by molar-refractivity contribution is 5.81. The number of aliphatic hydroxyl groups excluding tert-OH is 3. The maximum Gasteiger partial charge on any atom is 0.250 e. The molecule has 0 spiro atoms. The number of carbonyl (C=O) groups is 1. The lowest BCUT2D eigenvalue weighted by Crippen LogP contribution is -2.69. The van der Waals surface area contributed by atoms with E-state index in [2.05, 4.69) is 16.0 Å². The van der Waals surface area contributed by atoms with Crippen LogP contribution < -0.4 is 33.2 Å². The van der Waals surface area contributed by atoms with Crippen LogP contribution in [0.15, 0.2) is 0 Å². The molecule has 0 aromatic carbocycles. The molecule has 15 nitrogen and oxygen atoms in total. The molecule has 3 aliphatic rings. The van der Waals surface area contributed by atoms with Crippen molar-refractivity contribution in [3.63, 3.8) is 0 Å². The van der Waals surface area contributed by atoms with Gasteiger partial charge in [-0.15, -0.1) is 0 Å². The molecule has 2 saturated heterocycles. The smallest absolute Gasteiger partial charge is 0.250 e. The number of hydrogen-bond acceptors (Lipinski definition) is 14. The van der Waals surface area contributed by atoms with E-state index in [1.807, 2.05) is 0 Å². The summed E-state index contributed by atoms with van der Waals surface area (Å²) in [5, 5.41) is 51.2. The van der Waals surface area contributed by atoms with E-state index in [0.717, 1.165) is 0 Å². The number of rotatable bonds is 12. The van der Waals surface area contributed by atoms with Gasteiger partial charge in [0.2, 0.25) is 5.91 Å². The second-order valence-electron chi connectivity index (χ2n) is 11.0. The monoisotopic (exact) mass is 582 g/mol. The van der Waals surface area contributed by atoms with Crippen LogP contribution in [0, 0.1) is 0 Å². The van der Waals surface area contributed by atoms with E-state index in [0.29, 0.717) is 19.4 Å². The fourth-order valence-corrected chi connectivity index (χ4v) is 5.49. The van der Waals surface area contributed by atoms with E-state index in [-0.39, 0.29) is 32.2 Å². The zero-order chi connectivity index (χ0) is 29.6. The predicted octanol–water partition coefficient (Wildman–Crippen LogP) is -4.90. The van der Waals surface area contributed by atoms with E-state index >= 15 is 0 Å². The quantitative estimate of drug-likeness (QED) is 0.0969. The normalized spacial score (nSPS) is 43.3. The van der Waals surface area contributed by atoms with Crippen molar-refractivity contribution in [1.82, 2.24) is 16.0 Å². The van der Waals surface area contributed by atoms with Gasteiger partial charge in [0.25, 0.3) is 0 Å². The first-order valence-corrected chi connectivity index (χ1v) is 13.7. The molecule has 2 aliphatic heterocycles. The Morgan fingerprint density at radius 1 is 1.15 bits per heavy atom. The van der Waals surface area contributed by atoms with Crippen molar-refractivity contribution in [1.29, 1.82) is 0 Å². The molecule has 0 aromatic heterocycles. The van der Waals surface area contributed by atoms with Crippen molar-refractivity contribution >= 4 is 5.91 Å². The maximum absolute atomic E-state index is 12.5. The van der Waals surface area contributed by atoms with Gasteiger partial charge < -0.3 is 72.5 Å². The maximum atomic E-state index is 12.5. The summed E-state index contributed by atoms with van der Waals surface area (Å²) in [4.78, 5) is 12.5. The zero-order valence-corrected chi connectivity index (χ0v) is 23.0. The standard InChI is InChI=1S/C24H47FN6O9/c1-24(36)10-37-23(17(34)20(24)29-2)40-19-14(31-21(35)15(32)8-26)7-13(28)18(16(19)33)39-22-12(27)4-3-11(38-22)9-30-6-5-25/h11-20,22-23,29-30,32-34,36H,3-10,26-28H2,1-2H3,(H,31,35)/t11-,12+,13-,14+,15-,16-,17+,18+,19-,20+,22+,23+,24-/m0/s1. The molecule has 0 aromatic rings. The summed E-state index contributed by atoms with van der Waals surface area (Å²) < 4.78 is 36.2. The summed E-state index contributed by atoms with van der Waals surface area (Å²) in [6, 6.07) is -3.09. The van der Waals surface area contributed by atoms with Crippen LogP contribution in [0.4, 0.5) is 4.39 Å². The molecule has 1 aliphatic carbocycles. The summed E-state index contributed by atoms with van der Waals surface area (Å²) >= 11 is 0. The van der Waals surface area contributed by atoms with Gasteiger partial charge in [-0.2, -0.15) is 0 Å². The Balaban J connectivity index is 1.78. The molecule has 13 N–H and O–H groups in total. The van der Waals surface area contributed by atoms with Gasteiger partial charge in [0.05, 0.1) is 30.8 Å². The molecule has 3 fully saturated rings. The number of aliphatic hydroxyl groups is 4. The van der Waals surface area contributed by atoms with Crippen molar-refractivity contribution in [2.75, 3.05) is 40.0 Å². The first-order valence-electron chi connectivity index (χ1n) is 13.7. The highest BCUT2D eigenvalue weighted by atomic mass is 19.1. The van der Waals surface area contributed by atoms with Crippen LogP contribution in [-0.2, 0) is 23.7 Å². The van der Waals surface area contributed by atoms with Crippen LogP contribution in [0.5, 0.6) is 0 Å². The Hall–Kier alpha value is -1.12. The Bertz CT molecular complexity index is 804. The van der Waals surface area contributed by atoms with Crippen LogP contribution in [0.3, 0.4) is 0 Å². The lowest BCUT2D eigenvalue weighted by molar-refractivity contribution is -0.307. The van der Waals surface area contributed by atoms with E-state index in [1.165, 1.54) is 6.92 Å². The number of likely N-dealkylation sites (N-methyl/N-ethyl adjacent to an activating group) is 1. The van der Waals surface area contributed by atoms with Gasteiger partial charge >= 0.3 is 0 Å². The van der Waals surface area contributed by atoms with Gasteiger partial charge in [-0.25, -0.2) is 4.39 Å². The third-order valence-corrected chi connectivity index (χ3v) is 7.74. The lowest BCUT2D eigenvalue weighted by Gasteiger charge is -2.49.